The maximum atomic E-state index is 11.2. The number of aliphatic hydroxyl groups is 1. The molecule has 0 fully saturated rings. The predicted molar refractivity (Wildman–Crippen MR) is 57.7 cm³/mol. The second-order valence-corrected chi connectivity index (χ2v) is 3.15. The molecule has 1 amide bonds. The van der Waals surface area contributed by atoms with E-state index in [1.165, 1.54) is 0 Å². The minimum Gasteiger partial charge on any atom is -0.447 e. The number of benzene rings is 1. The molecule has 1 atom stereocenters. The number of para-hydroxylation sites is 1. The van der Waals surface area contributed by atoms with E-state index in [1.54, 1.807) is 12.1 Å². The van der Waals surface area contributed by atoms with Gasteiger partial charge in [-0.15, -0.1) is 0 Å². The van der Waals surface area contributed by atoms with E-state index < -0.39 is 12.2 Å². The summed E-state index contributed by atoms with van der Waals surface area (Å²) in [5, 5.41) is 11.7. The maximum absolute atomic E-state index is 11.2. The Balaban J connectivity index is 2.31. The van der Waals surface area contributed by atoms with Crippen molar-refractivity contribution in [3.8, 4) is 0 Å². The van der Waals surface area contributed by atoms with Crippen molar-refractivity contribution in [1.29, 1.82) is 0 Å². The van der Waals surface area contributed by atoms with E-state index in [-0.39, 0.29) is 6.61 Å². The van der Waals surface area contributed by atoms with Crippen LogP contribution in [0.3, 0.4) is 0 Å². The Morgan fingerprint density at radius 3 is 2.73 bits per heavy atom. The highest BCUT2D eigenvalue weighted by atomic mass is 16.6. The van der Waals surface area contributed by atoms with Crippen molar-refractivity contribution in [2.75, 3.05) is 11.9 Å². The van der Waals surface area contributed by atoms with Crippen molar-refractivity contribution in [2.45, 2.75) is 19.4 Å². The average molecular weight is 209 g/mol. The van der Waals surface area contributed by atoms with Gasteiger partial charge in [0, 0.05) is 5.69 Å². The number of carbonyl (C=O) groups excluding carboxylic acids is 1. The van der Waals surface area contributed by atoms with Gasteiger partial charge in [0.1, 0.15) is 6.61 Å². The van der Waals surface area contributed by atoms with Gasteiger partial charge < -0.3 is 9.84 Å². The lowest BCUT2D eigenvalue weighted by atomic mass is 10.3. The largest absolute Gasteiger partial charge is 0.447 e. The molecular weight excluding hydrogens is 194 g/mol. The SMILES string of the molecule is CCC(O)COC(=O)Nc1ccccc1. The smallest absolute Gasteiger partial charge is 0.411 e. The lowest BCUT2D eigenvalue weighted by Gasteiger charge is -2.09. The fourth-order valence-electron chi connectivity index (χ4n) is 0.965. The first kappa shape index (κ1) is 11.5. The lowest BCUT2D eigenvalue weighted by Crippen LogP contribution is -2.21. The van der Waals surface area contributed by atoms with Crippen LogP contribution in [0.4, 0.5) is 10.5 Å². The van der Waals surface area contributed by atoms with E-state index in [0.717, 1.165) is 0 Å². The predicted octanol–water partition coefficient (Wildman–Crippen LogP) is 2.01. The van der Waals surface area contributed by atoms with Crippen LogP contribution in [-0.2, 0) is 4.74 Å². The topological polar surface area (TPSA) is 58.6 Å². The normalized spacial score (nSPS) is 11.9. The number of nitrogens with one attached hydrogen (secondary N) is 1. The van der Waals surface area contributed by atoms with Crippen LogP contribution in [0.1, 0.15) is 13.3 Å². The second-order valence-electron chi connectivity index (χ2n) is 3.15. The molecule has 0 aliphatic rings. The molecule has 0 spiro atoms. The quantitative estimate of drug-likeness (QED) is 0.797. The third-order valence-electron chi connectivity index (χ3n) is 1.90. The van der Waals surface area contributed by atoms with Crippen molar-refractivity contribution in [1.82, 2.24) is 0 Å². The number of hydrogen-bond donors (Lipinski definition) is 2. The van der Waals surface area contributed by atoms with Crippen LogP contribution in [0.2, 0.25) is 0 Å². The molecule has 1 aromatic rings. The number of aliphatic hydroxyl groups excluding tert-OH is 1. The van der Waals surface area contributed by atoms with Crippen LogP contribution < -0.4 is 5.32 Å². The highest BCUT2D eigenvalue weighted by molar-refractivity contribution is 5.84. The minimum absolute atomic E-state index is 0.0230. The molecule has 0 aromatic heterocycles. The zero-order valence-electron chi connectivity index (χ0n) is 8.64. The summed E-state index contributed by atoms with van der Waals surface area (Å²) >= 11 is 0. The third-order valence-corrected chi connectivity index (χ3v) is 1.90. The molecule has 2 N–H and O–H groups in total. The summed E-state index contributed by atoms with van der Waals surface area (Å²) in [6, 6.07) is 9.01. The monoisotopic (exact) mass is 209 g/mol. The Hall–Kier alpha value is -1.55. The first-order valence-electron chi connectivity index (χ1n) is 4.89. The van der Waals surface area contributed by atoms with Crippen molar-refractivity contribution in [2.24, 2.45) is 0 Å². The van der Waals surface area contributed by atoms with Gasteiger partial charge in [0.25, 0.3) is 0 Å². The van der Waals surface area contributed by atoms with Crippen LogP contribution >= 0.6 is 0 Å². The fourth-order valence-corrected chi connectivity index (χ4v) is 0.965. The molecular formula is C11H15NO3. The number of rotatable bonds is 4. The molecule has 15 heavy (non-hydrogen) atoms. The van der Waals surface area contributed by atoms with E-state index >= 15 is 0 Å². The zero-order valence-corrected chi connectivity index (χ0v) is 8.64. The zero-order chi connectivity index (χ0) is 11.1. The van der Waals surface area contributed by atoms with E-state index in [4.69, 9.17) is 9.84 Å². The Kier molecular flexibility index (Phi) is 4.63. The molecule has 0 aliphatic heterocycles. The van der Waals surface area contributed by atoms with E-state index in [1.807, 2.05) is 25.1 Å². The third kappa shape index (κ3) is 4.46. The van der Waals surface area contributed by atoms with Crippen molar-refractivity contribution < 1.29 is 14.6 Å². The van der Waals surface area contributed by atoms with Gasteiger partial charge in [-0.2, -0.15) is 0 Å². The maximum Gasteiger partial charge on any atom is 0.411 e. The summed E-state index contributed by atoms with van der Waals surface area (Å²) in [6.07, 6.45) is -0.571. The Labute approximate surface area is 88.9 Å². The van der Waals surface area contributed by atoms with Crippen LogP contribution in [0.25, 0.3) is 0 Å². The summed E-state index contributed by atoms with van der Waals surface area (Å²) in [5.74, 6) is 0. The van der Waals surface area contributed by atoms with Crippen molar-refractivity contribution in [3.05, 3.63) is 30.3 Å². The summed E-state index contributed by atoms with van der Waals surface area (Å²) in [6.45, 7) is 1.85. The van der Waals surface area contributed by atoms with E-state index in [0.29, 0.717) is 12.1 Å². The van der Waals surface area contributed by atoms with Gasteiger partial charge in [0.2, 0.25) is 0 Å². The van der Waals surface area contributed by atoms with Gasteiger partial charge in [0.15, 0.2) is 0 Å². The molecule has 1 rings (SSSR count). The van der Waals surface area contributed by atoms with Crippen LogP contribution in [-0.4, -0.2) is 23.9 Å². The van der Waals surface area contributed by atoms with Gasteiger partial charge in [0.05, 0.1) is 6.10 Å². The molecule has 4 heteroatoms. The average Bonchev–Trinajstić information content (AvgIpc) is 2.27. The van der Waals surface area contributed by atoms with Gasteiger partial charge in [-0.05, 0) is 18.6 Å². The highest BCUT2D eigenvalue weighted by Gasteiger charge is 2.06. The fraction of sp³-hybridized carbons (Fsp3) is 0.364. The number of hydrogen-bond acceptors (Lipinski definition) is 3. The minimum atomic E-state index is -0.591. The van der Waals surface area contributed by atoms with Gasteiger partial charge in [-0.1, -0.05) is 25.1 Å². The van der Waals surface area contributed by atoms with Gasteiger partial charge in [-0.3, -0.25) is 5.32 Å². The molecule has 0 heterocycles. The molecule has 0 saturated carbocycles. The molecule has 0 radical (unpaired) electrons. The summed E-state index contributed by atoms with van der Waals surface area (Å²) < 4.78 is 4.80. The molecule has 1 unspecified atom stereocenters. The van der Waals surface area contributed by atoms with Gasteiger partial charge in [-0.25, -0.2) is 4.79 Å². The molecule has 1 aromatic carbocycles. The second kappa shape index (κ2) is 6.03. The number of amides is 1. The van der Waals surface area contributed by atoms with Crippen LogP contribution in [0.15, 0.2) is 30.3 Å². The van der Waals surface area contributed by atoms with E-state index in [2.05, 4.69) is 5.32 Å². The van der Waals surface area contributed by atoms with Crippen LogP contribution in [0.5, 0.6) is 0 Å². The Morgan fingerprint density at radius 1 is 1.47 bits per heavy atom. The Bertz CT molecular complexity index is 300. The van der Waals surface area contributed by atoms with E-state index in [9.17, 15) is 4.79 Å². The van der Waals surface area contributed by atoms with Crippen molar-refractivity contribution in [3.63, 3.8) is 0 Å². The summed E-state index contributed by atoms with van der Waals surface area (Å²) in [4.78, 5) is 11.2. The first-order valence-corrected chi connectivity index (χ1v) is 4.89. The standard InChI is InChI=1S/C11H15NO3/c1-2-10(13)8-15-11(14)12-9-6-4-3-5-7-9/h3-7,10,13H,2,8H2,1H3,(H,12,14). The number of anilines is 1. The molecule has 4 nitrogen and oxygen atoms in total. The Morgan fingerprint density at radius 2 is 2.13 bits per heavy atom. The first-order chi connectivity index (χ1) is 7.22. The highest BCUT2D eigenvalue weighted by Crippen LogP contribution is 2.05. The molecule has 0 aliphatic carbocycles. The van der Waals surface area contributed by atoms with Gasteiger partial charge >= 0.3 is 6.09 Å². The molecule has 0 bridgehead atoms. The summed E-state index contributed by atoms with van der Waals surface area (Å²) in [5.41, 5.74) is 0.675. The number of carbonyl (C=O) groups is 1. The lowest BCUT2D eigenvalue weighted by molar-refractivity contribution is 0.0731. The van der Waals surface area contributed by atoms with Crippen molar-refractivity contribution >= 4 is 11.8 Å². The molecule has 0 saturated heterocycles. The summed E-state index contributed by atoms with van der Waals surface area (Å²) in [7, 11) is 0. The van der Waals surface area contributed by atoms with Crippen LogP contribution in [0, 0.1) is 0 Å². The molecule has 82 valence electrons. The number of ether oxygens (including phenoxy) is 1.